The van der Waals surface area contributed by atoms with Crippen LogP contribution in [0.25, 0.3) is 0 Å². The predicted molar refractivity (Wildman–Crippen MR) is 83.1 cm³/mol. The third-order valence-electron chi connectivity index (χ3n) is 4.57. The number of carbonyl (C=O) groups excluding carboxylic acids is 1. The molecule has 1 aromatic rings. The second-order valence-corrected chi connectivity index (χ2v) is 6.08. The average molecular weight is 285 g/mol. The van der Waals surface area contributed by atoms with Crippen LogP contribution in [0.3, 0.4) is 0 Å². The van der Waals surface area contributed by atoms with Crippen molar-refractivity contribution in [1.29, 1.82) is 0 Å². The van der Waals surface area contributed by atoms with Crippen LogP contribution in [0.4, 0.5) is 4.79 Å². The lowest BCUT2D eigenvalue weighted by Crippen LogP contribution is -2.54. The zero-order valence-electron chi connectivity index (χ0n) is 12.6. The lowest BCUT2D eigenvalue weighted by Gasteiger charge is -2.40. The SMILES string of the molecule is C[C@H](NC(=O)N1CC(c2ccncc2)C1)C1=CCCCC1. The van der Waals surface area contributed by atoms with Gasteiger partial charge < -0.3 is 10.2 Å². The van der Waals surface area contributed by atoms with Crippen molar-refractivity contribution in [3.63, 3.8) is 0 Å². The molecule has 2 heterocycles. The van der Waals surface area contributed by atoms with Gasteiger partial charge in [0.1, 0.15) is 0 Å². The van der Waals surface area contributed by atoms with Crippen molar-refractivity contribution in [2.24, 2.45) is 0 Å². The summed E-state index contributed by atoms with van der Waals surface area (Å²) < 4.78 is 0. The van der Waals surface area contributed by atoms with Gasteiger partial charge in [0.25, 0.3) is 0 Å². The largest absolute Gasteiger partial charge is 0.332 e. The minimum Gasteiger partial charge on any atom is -0.332 e. The smallest absolute Gasteiger partial charge is 0.317 e. The van der Waals surface area contributed by atoms with E-state index in [0.29, 0.717) is 5.92 Å². The summed E-state index contributed by atoms with van der Waals surface area (Å²) in [6.07, 6.45) is 10.7. The number of rotatable bonds is 3. The maximum atomic E-state index is 12.2. The fourth-order valence-corrected chi connectivity index (χ4v) is 3.12. The highest BCUT2D eigenvalue weighted by Crippen LogP contribution is 2.27. The van der Waals surface area contributed by atoms with E-state index < -0.39 is 0 Å². The van der Waals surface area contributed by atoms with Gasteiger partial charge in [0.2, 0.25) is 0 Å². The summed E-state index contributed by atoms with van der Waals surface area (Å²) in [7, 11) is 0. The highest BCUT2D eigenvalue weighted by atomic mass is 16.2. The van der Waals surface area contributed by atoms with Crippen LogP contribution < -0.4 is 5.32 Å². The Kier molecular flexibility index (Phi) is 4.23. The van der Waals surface area contributed by atoms with Gasteiger partial charge in [-0.3, -0.25) is 4.98 Å². The van der Waals surface area contributed by atoms with Crippen molar-refractivity contribution in [2.75, 3.05) is 13.1 Å². The van der Waals surface area contributed by atoms with Gasteiger partial charge in [-0.05, 0) is 50.3 Å². The average Bonchev–Trinajstić information content (AvgIpc) is 2.47. The standard InChI is InChI=1S/C17H23N3O/c1-13(14-5-3-2-4-6-14)19-17(21)20-11-16(12-20)15-7-9-18-10-8-15/h5,7-10,13,16H,2-4,6,11-12H2,1H3,(H,19,21)/t13-/m0/s1. The Morgan fingerprint density at radius 1 is 1.33 bits per heavy atom. The van der Waals surface area contributed by atoms with E-state index in [1.54, 1.807) is 0 Å². The first-order chi connectivity index (χ1) is 10.2. The number of amides is 2. The highest BCUT2D eigenvalue weighted by molar-refractivity contribution is 5.76. The van der Waals surface area contributed by atoms with Crippen LogP contribution in [0.2, 0.25) is 0 Å². The van der Waals surface area contributed by atoms with Gasteiger partial charge in [0.05, 0.1) is 0 Å². The summed E-state index contributed by atoms with van der Waals surface area (Å²) in [5.41, 5.74) is 2.66. The van der Waals surface area contributed by atoms with Gasteiger partial charge in [0.15, 0.2) is 0 Å². The fourth-order valence-electron chi connectivity index (χ4n) is 3.12. The lowest BCUT2D eigenvalue weighted by atomic mass is 9.92. The zero-order valence-corrected chi connectivity index (χ0v) is 12.6. The van der Waals surface area contributed by atoms with E-state index in [1.807, 2.05) is 29.4 Å². The van der Waals surface area contributed by atoms with E-state index in [4.69, 9.17) is 0 Å². The minimum atomic E-state index is 0.0688. The van der Waals surface area contributed by atoms with Crippen LogP contribution in [0.1, 0.15) is 44.1 Å². The molecule has 3 rings (SSSR count). The number of urea groups is 1. The van der Waals surface area contributed by atoms with Crippen LogP contribution in [-0.4, -0.2) is 35.0 Å². The quantitative estimate of drug-likeness (QED) is 0.867. The molecular formula is C17H23N3O. The Balaban J connectivity index is 1.48. The maximum absolute atomic E-state index is 12.2. The molecule has 1 aromatic heterocycles. The van der Waals surface area contributed by atoms with Crippen molar-refractivity contribution < 1.29 is 4.79 Å². The second-order valence-electron chi connectivity index (χ2n) is 6.08. The third kappa shape index (κ3) is 3.26. The molecule has 0 radical (unpaired) electrons. The molecule has 0 unspecified atom stereocenters. The van der Waals surface area contributed by atoms with E-state index in [9.17, 15) is 4.79 Å². The van der Waals surface area contributed by atoms with Gasteiger partial charge in [0, 0.05) is 37.4 Å². The first-order valence-electron chi connectivity index (χ1n) is 7.88. The molecule has 1 aliphatic heterocycles. The number of aromatic nitrogens is 1. The number of pyridine rings is 1. The summed E-state index contributed by atoms with van der Waals surface area (Å²) in [5, 5.41) is 3.13. The molecule has 112 valence electrons. The number of likely N-dealkylation sites (tertiary alicyclic amines) is 1. The number of allylic oxidation sites excluding steroid dienone is 1. The number of hydrogen-bond donors (Lipinski definition) is 1. The molecule has 1 fully saturated rings. The van der Waals surface area contributed by atoms with Gasteiger partial charge in [-0.1, -0.05) is 11.6 Å². The molecule has 21 heavy (non-hydrogen) atoms. The minimum absolute atomic E-state index is 0.0688. The monoisotopic (exact) mass is 285 g/mol. The molecule has 0 bridgehead atoms. The van der Waals surface area contributed by atoms with E-state index in [1.165, 1.54) is 24.0 Å². The van der Waals surface area contributed by atoms with Crippen molar-refractivity contribution in [3.05, 3.63) is 41.7 Å². The zero-order chi connectivity index (χ0) is 14.7. The summed E-state index contributed by atoms with van der Waals surface area (Å²) in [4.78, 5) is 18.2. The van der Waals surface area contributed by atoms with Crippen LogP contribution in [-0.2, 0) is 0 Å². The Labute approximate surface area is 126 Å². The normalized spacial score (nSPS) is 20.4. The van der Waals surface area contributed by atoms with E-state index >= 15 is 0 Å². The Morgan fingerprint density at radius 2 is 2.10 bits per heavy atom. The summed E-state index contributed by atoms with van der Waals surface area (Å²) in [6, 6.07) is 4.31. The molecule has 4 nitrogen and oxygen atoms in total. The molecule has 1 aliphatic carbocycles. The molecule has 0 aromatic carbocycles. The van der Waals surface area contributed by atoms with Crippen molar-refractivity contribution in [2.45, 2.75) is 44.6 Å². The van der Waals surface area contributed by atoms with E-state index in [2.05, 4.69) is 23.3 Å². The number of carbonyl (C=O) groups is 1. The molecule has 1 saturated heterocycles. The van der Waals surface area contributed by atoms with E-state index in [0.717, 1.165) is 25.9 Å². The number of hydrogen-bond acceptors (Lipinski definition) is 2. The van der Waals surface area contributed by atoms with Crippen molar-refractivity contribution >= 4 is 6.03 Å². The molecular weight excluding hydrogens is 262 g/mol. The molecule has 1 N–H and O–H groups in total. The van der Waals surface area contributed by atoms with Crippen LogP contribution in [0, 0.1) is 0 Å². The Bertz CT molecular complexity index is 520. The number of nitrogens with zero attached hydrogens (tertiary/aromatic N) is 2. The third-order valence-corrected chi connectivity index (χ3v) is 4.57. The van der Waals surface area contributed by atoms with Gasteiger partial charge in [-0.2, -0.15) is 0 Å². The maximum Gasteiger partial charge on any atom is 0.317 e. The number of nitrogens with one attached hydrogen (secondary N) is 1. The van der Waals surface area contributed by atoms with Crippen molar-refractivity contribution in [3.8, 4) is 0 Å². The van der Waals surface area contributed by atoms with Gasteiger partial charge in [-0.25, -0.2) is 4.79 Å². The predicted octanol–water partition coefficient (Wildman–Crippen LogP) is 3.08. The first-order valence-corrected chi connectivity index (χ1v) is 7.88. The fraction of sp³-hybridized carbons (Fsp3) is 0.529. The van der Waals surface area contributed by atoms with Crippen LogP contribution in [0.15, 0.2) is 36.2 Å². The molecule has 0 spiro atoms. The van der Waals surface area contributed by atoms with E-state index in [-0.39, 0.29) is 12.1 Å². The van der Waals surface area contributed by atoms with Gasteiger partial charge >= 0.3 is 6.03 Å². The Morgan fingerprint density at radius 3 is 2.76 bits per heavy atom. The molecule has 0 saturated carbocycles. The van der Waals surface area contributed by atoms with Crippen molar-refractivity contribution in [1.82, 2.24) is 15.2 Å². The molecule has 4 heteroatoms. The molecule has 2 amide bonds. The van der Waals surface area contributed by atoms with Crippen LogP contribution >= 0.6 is 0 Å². The Hall–Kier alpha value is -1.84. The van der Waals surface area contributed by atoms with Crippen LogP contribution in [0.5, 0.6) is 0 Å². The summed E-state index contributed by atoms with van der Waals surface area (Å²) in [6.45, 7) is 3.71. The lowest BCUT2D eigenvalue weighted by molar-refractivity contribution is 0.149. The van der Waals surface area contributed by atoms with Gasteiger partial charge in [-0.15, -0.1) is 0 Å². The summed E-state index contributed by atoms with van der Waals surface area (Å²) >= 11 is 0. The topological polar surface area (TPSA) is 45.2 Å². The second kappa shape index (κ2) is 6.29. The summed E-state index contributed by atoms with van der Waals surface area (Å²) in [5.74, 6) is 0.461. The molecule has 2 aliphatic rings. The highest BCUT2D eigenvalue weighted by Gasteiger charge is 2.32. The molecule has 1 atom stereocenters. The first kappa shape index (κ1) is 14.1.